The number of carbonyl (C=O) groups is 1. The molecule has 2 aromatic rings. The molecular formula is C18H21Cl2IN4O. The van der Waals surface area contributed by atoms with Gasteiger partial charge >= 0.3 is 0 Å². The first-order valence-electron chi connectivity index (χ1n) is 7.84. The molecule has 0 fully saturated rings. The number of amides is 1. The summed E-state index contributed by atoms with van der Waals surface area (Å²) < 4.78 is 0. The molecule has 2 rings (SSSR count). The second kappa shape index (κ2) is 11.3. The molecule has 0 heterocycles. The molecule has 8 heteroatoms. The van der Waals surface area contributed by atoms with Gasteiger partial charge in [-0.2, -0.15) is 0 Å². The van der Waals surface area contributed by atoms with Gasteiger partial charge in [-0.3, -0.25) is 4.79 Å². The second-order valence-electron chi connectivity index (χ2n) is 5.35. The number of hydrogen-bond donors (Lipinski definition) is 3. The predicted octanol–water partition coefficient (Wildman–Crippen LogP) is 3.97. The molecule has 0 aromatic heterocycles. The Morgan fingerprint density at radius 3 is 2.58 bits per heavy atom. The summed E-state index contributed by atoms with van der Waals surface area (Å²) in [4.78, 5) is 15.8. The number of benzene rings is 2. The molecule has 140 valence electrons. The van der Waals surface area contributed by atoms with Crippen molar-refractivity contribution in [2.24, 2.45) is 10.7 Å². The summed E-state index contributed by atoms with van der Waals surface area (Å²) in [6, 6.07) is 12.5. The summed E-state index contributed by atoms with van der Waals surface area (Å²) in [5.74, 6) is 0.200. The Labute approximate surface area is 180 Å². The Bertz CT molecular complexity index is 784. The third-order valence-corrected chi connectivity index (χ3v) is 4.02. The van der Waals surface area contributed by atoms with Crippen molar-refractivity contribution in [1.82, 2.24) is 10.6 Å². The van der Waals surface area contributed by atoms with E-state index in [1.165, 1.54) is 0 Å². The van der Waals surface area contributed by atoms with Gasteiger partial charge in [0.2, 0.25) is 5.91 Å². The Morgan fingerprint density at radius 1 is 1.15 bits per heavy atom. The van der Waals surface area contributed by atoms with E-state index in [9.17, 15) is 4.79 Å². The fraction of sp³-hybridized carbons (Fsp3) is 0.222. The quantitative estimate of drug-likeness (QED) is 0.315. The molecule has 0 aliphatic heterocycles. The van der Waals surface area contributed by atoms with Crippen molar-refractivity contribution >= 4 is 59.0 Å². The van der Waals surface area contributed by atoms with E-state index >= 15 is 0 Å². The van der Waals surface area contributed by atoms with Crippen LogP contribution in [0.25, 0.3) is 0 Å². The average Bonchev–Trinajstić information content (AvgIpc) is 2.59. The van der Waals surface area contributed by atoms with Crippen LogP contribution in [0, 0.1) is 0 Å². The summed E-state index contributed by atoms with van der Waals surface area (Å²) in [6.07, 6.45) is 0. The van der Waals surface area contributed by atoms with Crippen LogP contribution in [0.3, 0.4) is 0 Å². The Morgan fingerprint density at radius 2 is 1.92 bits per heavy atom. The van der Waals surface area contributed by atoms with Crippen molar-refractivity contribution in [3.05, 3.63) is 69.2 Å². The first-order valence-corrected chi connectivity index (χ1v) is 8.60. The van der Waals surface area contributed by atoms with Crippen LogP contribution in [-0.2, 0) is 13.1 Å². The van der Waals surface area contributed by atoms with Crippen LogP contribution in [0.15, 0.2) is 47.5 Å². The van der Waals surface area contributed by atoms with Crippen LogP contribution in [0.5, 0.6) is 0 Å². The molecule has 2 aromatic carbocycles. The maximum Gasteiger partial charge on any atom is 0.248 e. The van der Waals surface area contributed by atoms with Crippen LogP contribution in [0.4, 0.5) is 0 Å². The van der Waals surface area contributed by atoms with Crippen molar-refractivity contribution < 1.29 is 4.79 Å². The SMILES string of the molecule is CCNC(=NCc1cccc(C(N)=O)c1)NCc1ccc(Cl)cc1Cl.I. The van der Waals surface area contributed by atoms with Crippen LogP contribution >= 0.6 is 47.2 Å². The minimum Gasteiger partial charge on any atom is -0.366 e. The fourth-order valence-corrected chi connectivity index (χ4v) is 2.65. The van der Waals surface area contributed by atoms with E-state index in [1.54, 1.807) is 30.3 Å². The summed E-state index contributed by atoms with van der Waals surface area (Å²) in [5.41, 5.74) is 7.60. The van der Waals surface area contributed by atoms with Crippen molar-refractivity contribution in [2.75, 3.05) is 6.54 Å². The highest BCUT2D eigenvalue weighted by Crippen LogP contribution is 2.20. The monoisotopic (exact) mass is 506 g/mol. The molecule has 4 N–H and O–H groups in total. The Kier molecular flexibility index (Phi) is 9.75. The topological polar surface area (TPSA) is 79.5 Å². The number of halogens is 3. The van der Waals surface area contributed by atoms with Crippen LogP contribution < -0.4 is 16.4 Å². The summed E-state index contributed by atoms with van der Waals surface area (Å²) >= 11 is 12.1. The fourth-order valence-electron chi connectivity index (χ4n) is 2.18. The molecule has 0 aliphatic rings. The number of aliphatic imine (C=N–C) groups is 1. The highest BCUT2D eigenvalue weighted by Gasteiger charge is 2.04. The minimum atomic E-state index is -0.451. The number of hydrogen-bond acceptors (Lipinski definition) is 2. The van der Waals surface area contributed by atoms with E-state index < -0.39 is 5.91 Å². The van der Waals surface area contributed by atoms with E-state index in [-0.39, 0.29) is 24.0 Å². The van der Waals surface area contributed by atoms with Gasteiger partial charge < -0.3 is 16.4 Å². The summed E-state index contributed by atoms with van der Waals surface area (Å²) in [7, 11) is 0. The molecule has 26 heavy (non-hydrogen) atoms. The maximum absolute atomic E-state index is 11.2. The van der Waals surface area contributed by atoms with Gasteiger partial charge in [0.25, 0.3) is 0 Å². The summed E-state index contributed by atoms with van der Waals surface area (Å²) in [6.45, 7) is 3.65. The van der Waals surface area contributed by atoms with Crippen LogP contribution in [0.1, 0.15) is 28.4 Å². The smallest absolute Gasteiger partial charge is 0.248 e. The van der Waals surface area contributed by atoms with E-state index in [1.807, 2.05) is 19.1 Å². The van der Waals surface area contributed by atoms with Gasteiger partial charge in [0, 0.05) is 28.7 Å². The maximum atomic E-state index is 11.2. The number of carbonyl (C=O) groups excluding carboxylic acids is 1. The lowest BCUT2D eigenvalue weighted by atomic mass is 10.1. The molecule has 0 spiro atoms. The highest BCUT2D eigenvalue weighted by atomic mass is 127. The van der Waals surface area contributed by atoms with Crippen LogP contribution in [0.2, 0.25) is 10.0 Å². The van der Waals surface area contributed by atoms with Gasteiger partial charge in [-0.25, -0.2) is 4.99 Å². The van der Waals surface area contributed by atoms with Gasteiger partial charge in [-0.15, -0.1) is 24.0 Å². The van der Waals surface area contributed by atoms with Crippen molar-refractivity contribution in [1.29, 1.82) is 0 Å². The first kappa shape index (κ1) is 22.5. The zero-order chi connectivity index (χ0) is 18.2. The number of nitrogens with zero attached hydrogens (tertiary/aromatic N) is 1. The van der Waals surface area contributed by atoms with E-state index in [0.717, 1.165) is 17.7 Å². The first-order chi connectivity index (χ1) is 12.0. The minimum absolute atomic E-state index is 0. The molecule has 0 aliphatic carbocycles. The summed E-state index contributed by atoms with van der Waals surface area (Å²) in [5, 5.41) is 7.60. The van der Waals surface area contributed by atoms with Gasteiger partial charge in [0.15, 0.2) is 5.96 Å². The average molecular weight is 507 g/mol. The molecular weight excluding hydrogens is 486 g/mol. The van der Waals surface area contributed by atoms with E-state index in [2.05, 4.69) is 15.6 Å². The Balaban J connectivity index is 0.00000338. The number of primary amides is 1. The zero-order valence-electron chi connectivity index (χ0n) is 14.3. The third kappa shape index (κ3) is 7.01. The standard InChI is InChI=1S/C18H20Cl2N4O.HI/c1-2-22-18(24-11-14-6-7-15(19)9-16(14)20)23-10-12-4-3-5-13(8-12)17(21)25;/h3-9H,2,10-11H2,1H3,(H2,21,25)(H2,22,23,24);1H. The van der Waals surface area contributed by atoms with Gasteiger partial charge in [-0.05, 0) is 42.3 Å². The number of guanidine groups is 1. The van der Waals surface area contributed by atoms with E-state index in [4.69, 9.17) is 28.9 Å². The number of nitrogens with one attached hydrogen (secondary N) is 2. The van der Waals surface area contributed by atoms with Gasteiger partial charge in [0.05, 0.1) is 6.54 Å². The van der Waals surface area contributed by atoms with Gasteiger partial charge in [-0.1, -0.05) is 41.4 Å². The van der Waals surface area contributed by atoms with Gasteiger partial charge in [0.1, 0.15) is 0 Å². The third-order valence-electron chi connectivity index (χ3n) is 3.44. The number of rotatable bonds is 6. The lowest BCUT2D eigenvalue weighted by molar-refractivity contribution is 0.1000. The van der Waals surface area contributed by atoms with Crippen molar-refractivity contribution in [3.8, 4) is 0 Å². The van der Waals surface area contributed by atoms with Crippen molar-refractivity contribution in [2.45, 2.75) is 20.0 Å². The molecule has 0 saturated heterocycles. The second-order valence-corrected chi connectivity index (χ2v) is 6.19. The molecule has 0 bridgehead atoms. The van der Waals surface area contributed by atoms with Crippen LogP contribution in [-0.4, -0.2) is 18.4 Å². The molecule has 0 radical (unpaired) electrons. The lowest BCUT2D eigenvalue weighted by Gasteiger charge is -2.12. The van der Waals surface area contributed by atoms with E-state index in [0.29, 0.717) is 34.7 Å². The molecule has 0 unspecified atom stereocenters. The highest BCUT2D eigenvalue weighted by molar-refractivity contribution is 14.0. The normalized spacial score (nSPS) is 10.8. The molecule has 0 atom stereocenters. The van der Waals surface area contributed by atoms with Crippen molar-refractivity contribution in [3.63, 3.8) is 0 Å². The molecule has 1 amide bonds. The molecule has 0 saturated carbocycles. The zero-order valence-corrected chi connectivity index (χ0v) is 18.1. The number of nitrogens with two attached hydrogens (primary N) is 1. The molecule has 5 nitrogen and oxygen atoms in total. The largest absolute Gasteiger partial charge is 0.366 e. The predicted molar refractivity (Wildman–Crippen MR) is 118 cm³/mol. The Hall–Kier alpha value is -1.51. The lowest BCUT2D eigenvalue weighted by Crippen LogP contribution is -2.36.